The number of sulfonamides is 1. The monoisotopic (exact) mass is 320 g/mol. The number of rotatable bonds is 7. The lowest BCUT2D eigenvalue weighted by Crippen LogP contribution is -2.52. The first-order valence-corrected chi connectivity index (χ1v) is 8.61. The number of carbonyl (C=O) groups excluding carboxylic acids is 1. The van der Waals surface area contributed by atoms with Crippen LogP contribution in [0.3, 0.4) is 0 Å². The van der Waals surface area contributed by atoms with Gasteiger partial charge in [-0.15, -0.1) is 11.3 Å². The molecule has 0 atom stereocenters. The fraction of sp³-hybridized carbons (Fsp3) is 0.583. The average Bonchev–Trinajstić information content (AvgIpc) is 2.94. The van der Waals surface area contributed by atoms with Crippen molar-refractivity contribution in [2.24, 2.45) is 5.73 Å². The van der Waals surface area contributed by atoms with Gasteiger partial charge in [-0.1, -0.05) is 13.8 Å². The lowest BCUT2D eigenvalue weighted by molar-refractivity contribution is 0.0606. The number of hydrogen-bond acceptors (Lipinski definition) is 6. The van der Waals surface area contributed by atoms with Crippen molar-refractivity contribution in [3.63, 3.8) is 0 Å². The molecule has 1 aromatic rings. The number of thiophene rings is 1. The summed E-state index contributed by atoms with van der Waals surface area (Å²) in [4.78, 5) is 11.7. The fourth-order valence-corrected chi connectivity index (χ4v) is 4.48. The van der Waals surface area contributed by atoms with Gasteiger partial charge in [0.15, 0.2) is 0 Å². The molecule has 0 fully saturated rings. The summed E-state index contributed by atoms with van der Waals surface area (Å²) in [6.07, 6.45) is 1.18. The van der Waals surface area contributed by atoms with Gasteiger partial charge < -0.3 is 10.5 Å². The van der Waals surface area contributed by atoms with Crippen molar-refractivity contribution in [1.82, 2.24) is 4.72 Å². The Kier molecular flexibility index (Phi) is 5.69. The van der Waals surface area contributed by atoms with Gasteiger partial charge in [-0.25, -0.2) is 17.9 Å². The molecule has 6 nitrogen and oxygen atoms in total. The van der Waals surface area contributed by atoms with Crippen LogP contribution in [0, 0.1) is 0 Å². The Bertz CT molecular complexity index is 554. The number of hydrogen-bond donors (Lipinski definition) is 2. The summed E-state index contributed by atoms with van der Waals surface area (Å²) >= 11 is 1.03. The lowest BCUT2D eigenvalue weighted by atomic mass is 9.95. The third-order valence-corrected chi connectivity index (χ3v) is 5.98. The quantitative estimate of drug-likeness (QED) is 0.739. The van der Waals surface area contributed by atoms with Crippen LogP contribution in [0.2, 0.25) is 0 Å². The maximum atomic E-state index is 12.3. The highest BCUT2D eigenvalue weighted by Gasteiger charge is 2.31. The summed E-state index contributed by atoms with van der Waals surface area (Å²) in [6.45, 7) is 3.98. The first kappa shape index (κ1) is 17.1. The molecule has 0 unspecified atom stereocenters. The average molecular weight is 320 g/mol. The number of carbonyl (C=O) groups is 1. The fourth-order valence-electron chi connectivity index (χ4n) is 1.74. The summed E-state index contributed by atoms with van der Waals surface area (Å²) in [7, 11) is -2.45. The van der Waals surface area contributed by atoms with E-state index in [4.69, 9.17) is 5.73 Å². The molecule has 114 valence electrons. The van der Waals surface area contributed by atoms with E-state index < -0.39 is 21.5 Å². The molecule has 0 aliphatic rings. The summed E-state index contributed by atoms with van der Waals surface area (Å²) < 4.78 is 31.9. The van der Waals surface area contributed by atoms with Gasteiger partial charge >= 0.3 is 5.97 Å². The minimum absolute atomic E-state index is 0.0580. The molecule has 1 heterocycles. The van der Waals surface area contributed by atoms with Crippen LogP contribution in [0.15, 0.2) is 16.3 Å². The highest BCUT2D eigenvalue weighted by molar-refractivity contribution is 7.89. The van der Waals surface area contributed by atoms with E-state index in [-0.39, 0.29) is 16.3 Å². The van der Waals surface area contributed by atoms with Crippen molar-refractivity contribution in [3.8, 4) is 0 Å². The van der Waals surface area contributed by atoms with Crippen molar-refractivity contribution in [2.45, 2.75) is 37.1 Å². The molecule has 0 radical (unpaired) electrons. The highest BCUT2D eigenvalue weighted by atomic mass is 32.2. The number of nitrogens with two attached hydrogens (primary N) is 1. The Morgan fingerprint density at radius 1 is 1.45 bits per heavy atom. The zero-order chi connectivity index (χ0) is 15.4. The van der Waals surface area contributed by atoms with E-state index >= 15 is 0 Å². The van der Waals surface area contributed by atoms with Gasteiger partial charge in [0.25, 0.3) is 0 Å². The van der Waals surface area contributed by atoms with Crippen LogP contribution in [0.1, 0.15) is 36.4 Å². The third kappa shape index (κ3) is 3.57. The standard InChI is InChI=1S/C12H20N2O4S2/c1-4-12(5-2,8-13)14-20(16,17)9-6-10(19-7-9)11(15)18-3/h6-7,14H,4-5,8,13H2,1-3H3. The predicted molar refractivity (Wildman–Crippen MR) is 78.3 cm³/mol. The topological polar surface area (TPSA) is 98.5 Å². The van der Waals surface area contributed by atoms with Crippen LogP contribution in [-0.4, -0.2) is 33.6 Å². The molecule has 0 aliphatic carbocycles. The predicted octanol–water partition coefficient (Wildman–Crippen LogP) is 1.33. The minimum atomic E-state index is -3.70. The van der Waals surface area contributed by atoms with Crippen LogP contribution >= 0.6 is 11.3 Å². The normalized spacial score (nSPS) is 12.4. The van der Waals surface area contributed by atoms with Crippen molar-refractivity contribution >= 4 is 27.3 Å². The lowest BCUT2D eigenvalue weighted by Gasteiger charge is -2.30. The third-order valence-electron chi connectivity index (χ3n) is 3.37. The smallest absolute Gasteiger partial charge is 0.348 e. The zero-order valence-electron chi connectivity index (χ0n) is 11.8. The number of esters is 1. The molecule has 0 saturated heterocycles. The van der Waals surface area contributed by atoms with Crippen molar-refractivity contribution in [3.05, 3.63) is 16.3 Å². The maximum absolute atomic E-state index is 12.3. The number of nitrogens with one attached hydrogen (secondary N) is 1. The van der Waals surface area contributed by atoms with Gasteiger partial charge in [-0.2, -0.15) is 0 Å². The summed E-state index contributed by atoms with van der Waals surface area (Å²) in [5, 5.41) is 1.42. The molecule has 1 rings (SSSR count). The molecular formula is C12H20N2O4S2. The van der Waals surface area contributed by atoms with Gasteiger partial charge in [0.1, 0.15) is 4.88 Å². The van der Waals surface area contributed by atoms with E-state index in [0.717, 1.165) is 11.3 Å². The molecule has 0 spiro atoms. The molecule has 1 aromatic heterocycles. The summed E-state index contributed by atoms with van der Waals surface area (Å²) in [5.41, 5.74) is 5.03. The molecule has 8 heteroatoms. The Balaban J connectivity index is 3.05. The van der Waals surface area contributed by atoms with Crippen molar-refractivity contribution in [1.29, 1.82) is 0 Å². The van der Waals surface area contributed by atoms with E-state index in [1.165, 1.54) is 18.6 Å². The van der Waals surface area contributed by atoms with Gasteiger partial charge in [0, 0.05) is 17.5 Å². The molecular weight excluding hydrogens is 300 g/mol. The van der Waals surface area contributed by atoms with Crippen LogP contribution < -0.4 is 10.5 Å². The molecule has 0 aliphatic heterocycles. The van der Waals surface area contributed by atoms with E-state index in [0.29, 0.717) is 12.8 Å². The van der Waals surface area contributed by atoms with Gasteiger partial charge in [0.2, 0.25) is 10.0 Å². The van der Waals surface area contributed by atoms with Crippen LogP contribution in [0.25, 0.3) is 0 Å². The largest absolute Gasteiger partial charge is 0.465 e. The Morgan fingerprint density at radius 3 is 2.50 bits per heavy atom. The van der Waals surface area contributed by atoms with Crippen molar-refractivity contribution in [2.75, 3.05) is 13.7 Å². The van der Waals surface area contributed by atoms with Crippen LogP contribution in [-0.2, 0) is 14.8 Å². The van der Waals surface area contributed by atoms with E-state index in [9.17, 15) is 13.2 Å². The molecule has 0 aromatic carbocycles. The first-order chi connectivity index (χ1) is 9.34. The molecule has 0 saturated carbocycles. The van der Waals surface area contributed by atoms with Gasteiger partial charge in [-0.3, -0.25) is 0 Å². The van der Waals surface area contributed by atoms with Crippen LogP contribution in [0.5, 0.6) is 0 Å². The Labute approximate surface area is 123 Å². The minimum Gasteiger partial charge on any atom is -0.465 e. The SMILES string of the molecule is CCC(CC)(CN)NS(=O)(=O)c1csc(C(=O)OC)c1. The van der Waals surface area contributed by atoms with Crippen molar-refractivity contribution < 1.29 is 17.9 Å². The summed E-state index contributed by atoms with van der Waals surface area (Å²) in [6, 6.07) is 1.31. The van der Waals surface area contributed by atoms with E-state index in [1.807, 2.05) is 13.8 Å². The molecule has 3 N–H and O–H groups in total. The second-order valence-corrected chi connectivity index (χ2v) is 7.03. The highest BCUT2D eigenvalue weighted by Crippen LogP contribution is 2.23. The number of methoxy groups -OCH3 is 1. The molecule has 20 heavy (non-hydrogen) atoms. The van der Waals surface area contributed by atoms with Crippen LogP contribution in [0.4, 0.5) is 0 Å². The van der Waals surface area contributed by atoms with Gasteiger partial charge in [0.05, 0.1) is 12.0 Å². The zero-order valence-corrected chi connectivity index (χ0v) is 13.4. The van der Waals surface area contributed by atoms with Gasteiger partial charge in [-0.05, 0) is 18.9 Å². The van der Waals surface area contributed by atoms with E-state index in [1.54, 1.807) is 0 Å². The first-order valence-electron chi connectivity index (χ1n) is 6.25. The second kappa shape index (κ2) is 6.66. The van der Waals surface area contributed by atoms with E-state index in [2.05, 4.69) is 9.46 Å². The Hall–Kier alpha value is -0.960. The maximum Gasteiger partial charge on any atom is 0.348 e. The molecule has 0 bridgehead atoms. The number of ether oxygens (including phenoxy) is 1. The molecule has 0 amide bonds. The Morgan fingerprint density at radius 2 is 2.05 bits per heavy atom. The second-order valence-electron chi connectivity index (χ2n) is 4.44. The summed E-state index contributed by atoms with van der Waals surface area (Å²) in [5.74, 6) is -0.549.